The summed E-state index contributed by atoms with van der Waals surface area (Å²) in [7, 11) is -2.03. The summed E-state index contributed by atoms with van der Waals surface area (Å²) in [6.07, 6.45) is -1.86. The molecule has 1 amide bonds. The lowest BCUT2D eigenvalue weighted by molar-refractivity contribution is -0.137. The van der Waals surface area contributed by atoms with E-state index in [0.717, 1.165) is 25.0 Å². The van der Waals surface area contributed by atoms with Crippen LogP contribution < -0.4 is 5.32 Å². The summed E-state index contributed by atoms with van der Waals surface area (Å²) in [6.45, 7) is 0. The maximum absolute atomic E-state index is 13.0. The molecule has 0 heterocycles. The Balaban J connectivity index is 1.50. The number of sulfonamides is 1. The largest absolute Gasteiger partial charge is 0.416 e. The first-order valence-electron chi connectivity index (χ1n) is 9.61. The fourth-order valence-electron chi connectivity index (χ4n) is 3.53. The molecule has 30 heavy (non-hydrogen) atoms. The molecule has 0 unspecified atom stereocenters. The van der Waals surface area contributed by atoms with E-state index in [1.165, 1.54) is 40.7 Å². The Morgan fingerprint density at radius 1 is 1.10 bits per heavy atom. The number of hydrogen-bond acceptors (Lipinski definition) is 3. The van der Waals surface area contributed by atoms with Gasteiger partial charge in [0.05, 0.1) is 15.9 Å². The second-order valence-corrected chi connectivity index (χ2v) is 9.89. The number of benzene rings is 2. The van der Waals surface area contributed by atoms with Gasteiger partial charge in [0.1, 0.15) is 0 Å². The van der Waals surface area contributed by atoms with Gasteiger partial charge in [0.25, 0.3) is 0 Å². The Kier molecular flexibility index (Phi) is 4.93. The zero-order chi connectivity index (χ0) is 21.7. The molecule has 0 bridgehead atoms. The Bertz CT molecular complexity index is 1070. The van der Waals surface area contributed by atoms with Gasteiger partial charge in [-0.05, 0) is 61.6 Å². The minimum absolute atomic E-state index is 0.0385. The monoisotopic (exact) mass is 438 g/mol. The number of alkyl halides is 3. The standard InChI is InChI=1S/C21H21F3N2O3S/c1-26(17-7-8-17)30(28,29)18-9-5-16(6-10-18)25-19(27)20(11-12-20)14-3-2-4-15(13-14)21(22,23)24/h2-6,9-10,13,17H,7-8,11-12H2,1H3,(H,25,27). The molecule has 2 saturated carbocycles. The van der Waals surface area contributed by atoms with Crippen LogP contribution in [0.2, 0.25) is 0 Å². The number of rotatable bonds is 6. The fourth-order valence-corrected chi connectivity index (χ4v) is 4.94. The van der Waals surface area contributed by atoms with Gasteiger partial charge in [-0.3, -0.25) is 4.79 Å². The molecule has 1 N–H and O–H groups in total. The minimum Gasteiger partial charge on any atom is -0.325 e. The fraction of sp³-hybridized carbons (Fsp3) is 0.381. The Morgan fingerprint density at radius 3 is 2.27 bits per heavy atom. The first-order valence-corrected chi connectivity index (χ1v) is 11.1. The number of nitrogens with one attached hydrogen (secondary N) is 1. The van der Waals surface area contributed by atoms with Crippen molar-refractivity contribution in [2.75, 3.05) is 12.4 Å². The summed E-state index contributed by atoms with van der Waals surface area (Å²) >= 11 is 0. The SMILES string of the molecule is CN(C1CC1)S(=O)(=O)c1ccc(NC(=O)C2(c3cccc(C(F)(F)F)c3)CC2)cc1. The van der Waals surface area contributed by atoms with E-state index in [1.807, 2.05) is 0 Å². The van der Waals surface area contributed by atoms with Crippen LogP contribution in [0.15, 0.2) is 53.4 Å². The maximum Gasteiger partial charge on any atom is 0.416 e. The molecule has 0 aromatic heterocycles. The van der Waals surface area contributed by atoms with Crippen molar-refractivity contribution < 1.29 is 26.4 Å². The van der Waals surface area contributed by atoms with Crippen LogP contribution in [0.4, 0.5) is 18.9 Å². The lowest BCUT2D eigenvalue weighted by Gasteiger charge is -2.18. The number of carbonyl (C=O) groups is 1. The molecule has 4 rings (SSSR count). The van der Waals surface area contributed by atoms with Gasteiger partial charge >= 0.3 is 6.18 Å². The molecule has 2 aliphatic rings. The number of nitrogens with zero attached hydrogens (tertiary/aromatic N) is 1. The van der Waals surface area contributed by atoms with E-state index in [-0.39, 0.29) is 10.9 Å². The van der Waals surface area contributed by atoms with Crippen molar-refractivity contribution >= 4 is 21.6 Å². The molecule has 9 heteroatoms. The Hall–Kier alpha value is -2.39. The molecule has 0 spiro atoms. The topological polar surface area (TPSA) is 66.5 Å². The zero-order valence-electron chi connectivity index (χ0n) is 16.2. The molecule has 0 saturated heterocycles. The first-order chi connectivity index (χ1) is 14.0. The van der Waals surface area contributed by atoms with Crippen molar-refractivity contribution in [2.45, 2.75) is 48.2 Å². The molecule has 2 aromatic carbocycles. The van der Waals surface area contributed by atoms with Gasteiger partial charge in [0.15, 0.2) is 0 Å². The van der Waals surface area contributed by atoms with E-state index in [0.29, 0.717) is 24.1 Å². The first kappa shape index (κ1) is 20.9. The molecule has 160 valence electrons. The van der Waals surface area contributed by atoms with E-state index in [4.69, 9.17) is 0 Å². The van der Waals surface area contributed by atoms with Gasteiger partial charge in [-0.25, -0.2) is 8.42 Å². The summed E-state index contributed by atoms with van der Waals surface area (Å²) in [6, 6.07) is 10.7. The highest BCUT2D eigenvalue weighted by Crippen LogP contribution is 2.50. The summed E-state index contributed by atoms with van der Waals surface area (Å²) in [5, 5.41) is 2.72. The van der Waals surface area contributed by atoms with Crippen LogP contribution in [0.3, 0.4) is 0 Å². The average molecular weight is 438 g/mol. The van der Waals surface area contributed by atoms with Crippen molar-refractivity contribution in [3.05, 3.63) is 59.7 Å². The van der Waals surface area contributed by atoms with E-state index in [9.17, 15) is 26.4 Å². The summed E-state index contributed by atoms with van der Waals surface area (Å²) in [5.41, 5.74) is -1.04. The summed E-state index contributed by atoms with van der Waals surface area (Å²) in [4.78, 5) is 13.0. The molecule has 0 atom stereocenters. The van der Waals surface area contributed by atoms with Crippen LogP contribution in [0.25, 0.3) is 0 Å². The number of amides is 1. The van der Waals surface area contributed by atoms with Gasteiger partial charge in [0.2, 0.25) is 15.9 Å². The quantitative estimate of drug-likeness (QED) is 0.737. The highest BCUT2D eigenvalue weighted by molar-refractivity contribution is 7.89. The second-order valence-electron chi connectivity index (χ2n) is 7.89. The van der Waals surface area contributed by atoms with Crippen LogP contribution in [0, 0.1) is 0 Å². The molecule has 2 aliphatic carbocycles. The average Bonchev–Trinajstić information content (AvgIpc) is 3.61. The number of carbonyl (C=O) groups excluding carboxylic acids is 1. The van der Waals surface area contributed by atoms with Crippen molar-refractivity contribution in [2.24, 2.45) is 0 Å². The minimum atomic E-state index is -4.47. The van der Waals surface area contributed by atoms with Crippen LogP contribution in [0.1, 0.15) is 36.8 Å². The Labute approximate surface area is 172 Å². The van der Waals surface area contributed by atoms with Gasteiger partial charge in [-0.1, -0.05) is 18.2 Å². The molecule has 2 fully saturated rings. The Morgan fingerprint density at radius 2 is 1.73 bits per heavy atom. The molecule has 0 aliphatic heterocycles. The van der Waals surface area contributed by atoms with Crippen LogP contribution in [0.5, 0.6) is 0 Å². The molecule has 5 nitrogen and oxygen atoms in total. The number of halogens is 3. The molecule has 2 aromatic rings. The van der Waals surface area contributed by atoms with Crippen molar-refractivity contribution in [1.29, 1.82) is 0 Å². The normalized spacial score (nSPS) is 18.3. The van der Waals surface area contributed by atoms with Gasteiger partial charge in [-0.15, -0.1) is 0 Å². The third-order valence-corrected chi connectivity index (χ3v) is 7.70. The predicted octanol–water partition coefficient (Wildman–Crippen LogP) is 4.16. The van der Waals surface area contributed by atoms with Crippen molar-refractivity contribution in [1.82, 2.24) is 4.31 Å². The number of hydrogen-bond donors (Lipinski definition) is 1. The lowest BCUT2D eigenvalue weighted by Crippen LogP contribution is -2.29. The van der Waals surface area contributed by atoms with Crippen molar-refractivity contribution in [3.8, 4) is 0 Å². The molecule has 0 radical (unpaired) electrons. The van der Waals surface area contributed by atoms with Gasteiger partial charge < -0.3 is 5.32 Å². The van der Waals surface area contributed by atoms with E-state index >= 15 is 0 Å². The van der Waals surface area contributed by atoms with Crippen LogP contribution >= 0.6 is 0 Å². The van der Waals surface area contributed by atoms with Gasteiger partial charge in [-0.2, -0.15) is 17.5 Å². The van der Waals surface area contributed by atoms with Crippen LogP contribution in [-0.4, -0.2) is 31.7 Å². The highest BCUT2D eigenvalue weighted by Gasteiger charge is 2.51. The summed E-state index contributed by atoms with van der Waals surface area (Å²) in [5.74, 6) is -0.396. The van der Waals surface area contributed by atoms with Crippen molar-refractivity contribution in [3.63, 3.8) is 0 Å². The maximum atomic E-state index is 13.0. The lowest BCUT2D eigenvalue weighted by atomic mass is 9.93. The second kappa shape index (κ2) is 7.09. The highest BCUT2D eigenvalue weighted by atomic mass is 32.2. The van der Waals surface area contributed by atoms with Crippen LogP contribution in [-0.2, 0) is 26.4 Å². The smallest absolute Gasteiger partial charge is 0.325 e. The van der Waals surface area contributed by atoms with E-state index in [1.54, 1.807) is 7.05 Å². The van der Waals surface area contributed by atoms with Gasteiger partial charge in [0, 0.05) is 18.8 Å². The third kappa shape index (κ3) is 3.83. The van der Waals surface area contributed by atoms with E-state index in [2.05, 4.69) is 5.32 Å². The number of anilines is 1. The molecular formula is C21H21F3N2O3S. The molecular weight excluding hydrogens is 417 g/mol. The summed E-state index contributed by atoms with van der Waals surface area (Å²) < 4.78 is 65.5. The third-order valence-electron chi connectivity index (χ3n) is 5.78. The zero-order valence-corrected chi connectivity index (χ0v) is 17.1. The van der Waals surface area contributed by atoms with E-state index < -0.39 is 33.1 Å². The predicted molar refractivity (Wildman–Crippen MR) is 105 cm³/mol.